The topological polar surface area (TPSA) is 18.5 Å². The molecule has 0 aliphatic carbocycles. The monoisotopic (exact) mass is 370 g/mol. The molecule has 3 aromatic rings. The third-order valence-corrected chi connectivity index (χ3v) is 4.97. The zero-order valence-corrected chi connectivity index (χ0v) is 15.5. The summed E-state index contributed by atoms with van der Waals surface area (Å²) >= 11 is 8.02. The molecular formula is C21H19ClO2S. The Morgan fingerprint density at radius 3 is 2.28 bits per heavy atom. The molecule has 0 aliphatic heterocycles. The molecule has 0 amide bonds. The van der Waals surface area contributed by atoms with Crippen LogP contribution in [0.5, 0.6) is 17.2 Å². The molecule has 3 rings (SSSR count). The van der Waals surface area contributed by atoms with E-state index >= 15 is 0 Å². The summed E-state index contributed by atoms with van der Waals surface area (Å²) in [5, 5.41) is 0.711. The first-order valence-electron chi connectivity index (χ1n) is 7.97. The van der Waals surface area contributed by atoms with Gasteiger partial charge >= 0.3 is 0 Å². The normalized spacial score (nSPS) is 10.5. The van der Waals surface area contributed by atoms with E-state index in [1.807, 2.05) is 60.3 Å². The Morgan fingerprint density at radius 2 is 1.52 bits per heavy atom. The fourth-order valence-electron chi connectivity index (χ4n) is 2.44. The molecule has 25 heavy (non-hydrogen) atoms. The van der Waals surface area contributed by atoms with E-state index in [2.05, 4.69) is 24.3 Å². The Balaban J connectivity index is 1.74. The van der Waals surface area contributed by atoms with Crippen molar-refractivity contribution in [2.24, 2.45) is 0 Å². The Hall–Kier alpha value is -2.10. The van der Waals surface area contributed by atoms with E-state index in [9.17, 15) is 0 Å². The fraction of sp³-hybridized carbons (Fsp3) is 0.143. The van der Waals surface area contributed by atoms with Crippen molar-refractivity contribution in [1.29, 1.82) is 0 Å². The van der Waals surface area contributed by atoms with Gasteiger partial charge in [0.1, 0.15) is 5.75 Å². The molecule has 3 aromatic carbocycles. The predicted molar refractivity (Wildman–Crippen MR) is 106 cm³/mol. The maximum atomic E-state index is 6.18. The molecule has 0 unspecified atom stereocenters. The lowest BCUT2D eigenvalue weighted by Gasteiger charge is -2.14. The summed E-state index contributed by atoms with van der Waals surface area (Å²) in [7, 11) is 1.64. The Morgan fingerprint density at radius 1 is 0.800 bits per heavy atom. The molecule has 0 fully saturated rings. The SMILES string of the molecule is COc1ccccc1Oc1ccc(Cl)cc1CSCc1ccccc1. The Labute approximate surface area is 157 Å². The number of hydrogen-bond acceptors (Lipinski definition) is 3. The quantitative estimate of drug-likeness (QED) is 0.468. The summed E-state index contributed by atoms with van der Waals surface area (Å²) in [5.74, 6) is 3.97. The molecule has 2 nitrogen and oxygen atoms in total. The average molecular weight is 371 g/mol. The van der Waals surface area contributed by atoms with Crippen molar-refractivity contribution in [1.82, 2.24) is 0 Å². The number of para-hydroxylation sites is 2. The van der Waals surface area contributed by atoms with E-state index in [0.29, 0.717) is 16.5 Å². The largest absolute Gasteiger partial charge is 0.493 e. The van der Waals surface area contributed by atoms with Gasteiger partial charge in [-0.3, -0.25) is 0 Å². The highest BCUT2D eigenvalue weighted by molar-refractivity contribution is 7.97. The second-order valence-corrected chi connectivity index (χ2v) is 6.91. The predicted octanol–water partition coefficient (Wildman–Crippen LogP) is 6.57. The van der Waals surface area contributed by atoms with Crippen molar-refractivity contribution in [3.8, 4) is 17.2 Å². The van der Waals surface area contributed by atoms with E-state index in [4.69, 9.17) is 21.1 Å². The first kappa shape index (κ1) is 17.7. The van der Waals surface area contributed by atoms with Crippen molar-refractivity contribution in [2.75, 3.05) is 7.11 Å². The summed E-state index contributed by atoms with van der Waals surface area (Å²) in [4.78, 5) is 0. The second kappa shape index (κ2) is 8.84. The van der Waals surface area contributed by atoms with Crippen molar-refractivity contribution in [2.45, 2.75) is 11.5 Å². The van der Waals surface area contributed by atoms with E-state index in [0.717, 1.165) is 22.8 Å². The Bertz CT molecular complexity index is 821. The number of halogens is 1. The molecule has 0 aromatic heterocycles. The van der Waals surface area contributed by atoms with Crippen molar-refractivity contribution in [3.63, 3.8) is 0 Å². The number of benzene rings is 3. The van der Waals surface area contributed by atoms with Gasteiger partial charge in [0.2, 0.25) is 0 Å². The highest BCUT2D eigenvalue weighted by Gasteiger charge is 2.10. The molecule has 0 saturated carbocycles. The van der Waals surface area contributed by atoms with Crippen LogP contribution < -0.4 is 9.47 Å². The maximum absolute atomic E-state index is 6.18. The van der Waals surface area contributed by atoms with Gasteiger partial charge in [-0.05, 0) is 35.9 Å². The van der Waals surface area contributed by atoms with Crippen LogP contribution in [-0.4, -0.2) is 7.11 Å². The minimum Gasteiger partial charge on any atom is -0.493 e. The van der Waals surface area contributed by atoms with Crippen LogP contribution in [0.15, 0.2) is 72.8 Å². The molecule has 0 atom stereocenters. The zero-order chi connectivity index (χ0) is 17.5. The second-order valence-electron chi connectivity index (χ2n) is 5.48. The van der Waals surface area contributed by atoms with Crippen LogP contribution in [0.25, 0.3) is 0 Å². The van der Waals surface area contributed by atoms with E-state index in [1.54, 1.807) is 7.11 Å². The minimum absolute atomic E-state index is 0.696. The van der Waals surface area contributed by atoms with Crippen LogP contribution in [0.2, 0.25) is 5.02 Å². The number of rotatable bonds is 7. The molecule has 0 heterocycles. The van der Waals surface area contributed by atoms with Gasteiger partial charge in [0.25, 0.3) is 0 Å². The van der Waals surface area contributed by atoms with Crippen LogP contribution in [0, 0.1) is 0 Å². The summed E-state index contributed by atoms with van der Waals surface area (Å²) in [6.07, 6.45) is 0. The van der Waals surface area contributed by atoms with Gasteiger partial charge in [0, 0.05) is 22.1 Å². The van der Waals surface area contributed by atoms with E-state index in [-0.39, 0.29) is 0 Å². The van der Waals surface area contributed by atoms with Crippen molar-refractivity contribution >= 4 is 23.4 Å². The van der Waals surface area contributed by atoms with Gasteiger partial charge in [-0.25, -0.2) is 0 Å². The molecule has 4 heteroatoms. The van der Waals surface area contributed by atoms with E-state index < -0.39 is 0 Å². The summed E-state index contributed by atoms with van der Waals surface area (Å²) < 4.78 is 11.5. The van der Waals surface area contributed by atoms with Crippen LogP contribution >= 0.6 is 23.4 Å². The molecule has 0 bridgehead atoms. The van der Waals surface area contributed by atoms with Crippen molar-refractivity contribution in [3.05, 3.63) is 88.9 Å². The lowest BCUT2D eigenvalue weighted by molar-refractivity contribution is 0.378. The maximum Gasteiger partial charge on any atom is 0.169 e. The lowest BCUT2D eigenvalue weighted by Crippen LogP contribution is -1.94. The van der Waals surface area contributed by atoms with E-state index in [1.165, 1.54) is 5.56 Å². The number of hydrogen-bond donors (Lipinski definition) is 0. The van der Waals surface area contributed by atoms with Gasteiger partial charge in [-0.1, -0.05) is 54.1 Å². The number of thioether (sulfide) groups is 1. The first-order valence-corrected chi connectivity index (χ1v) is 9.50. The summed E-state index contributed by atoms with van der Waals surface area (Å²) in [5.41, 5.74) is 2.38. The molecular weight excluding hydrogens is 352 g/mol. The number of ether oxygens (including phenoxy) is 2. The summed E-state index contributed by atoms with van der Waals surface area (Å²) in [6, 6.07) is 23.8. The molecule has 0 radical (unpaired) electrons. The summed E-state index contributed by atoms with van der Waals surface area (Å²) in [6.45, 7) is 0. The minimum atomic E-state index is 0.696. The third-order valence-electron chi connectivity index (χ3n) is 3.68. The average Bonchev–Trinajstić information content (AvgIpc) is 2.65. The first-order chi connectivity index (χ1) is 12.3. The zero-order valence-electron chi connectivity index (χ0n) is 13.9. The molecule has 0 N–H and O–H groups in total. The smallest absolute Gasteiger partial charge is 0.169 e. The van der Waals surface area contributed by atoms with Crippen molar-refractivity contribution < 1.29 is 9.47 Å². The molecule has 0 saturated heterocycles. The van der Waals surface area contributed by atoms with Gasteiger partial charge in [0.05, 0.1) is 7.11 Å². The fourth-order valence-corrected chi connectivity index (χ4v) is 3.61. The van der Waals surface area contributed by atoms with Gasteiger partial charge in [0.15, 0.2) is 11.5 Å². The van der Waals surface area contributed by atoms with Gasteiger partial charge < -0.3 is 9.47 Å². The van der Waals surface area contributed by atoms with Gasteiger partial charge in [-0.15, -0.1) is 0 Å². The van der Waals surface area contributed by atoms with Crippen LogP contribution in [0.4, 0.5) is 0 Å². The van der Waals surface area contributed by atoms with Gasteiger partial charge in [-0.2, -0.15) is 11.8 Å². The molecule has 0 spiro atoms. The van der Waals surface area contributed by atoms with Crippen LogP contribution in [0.3, 0.4) is 0 Å². The van der Waals surface area contributed by atoms with Crippen LogP contribution in [-0.2, 0) is 11.5 Å². The third kappa shape index (κ3) is 4.94. The highest BCUT2D eigenvalue weighted by atomic mass is 35.5. The van der Waals surface area contributed by atoms with Crippen LogP contribution in [0.1, 0.15) is 11.1 Å². The number of methoxy groups -OCH3 is 1. The molecule has 128 valence electrons. The standard InChI is InChI=1S/C21H19ClO2S/c1-23-20-9-5-6-10-21(20)24-19-12-11-18(22)13-17(19)15-25-14-16-7-3-2-4-8-16/h2-13H,14-15H2,1H3. The highest BCUT2D eigenvalue weighted by Crippen LogP contribution is 2.35. The lowest BCUT2D eigenvalue weighted by atomic mass is 10.2. The Kier molecular flexibility index (Phi) is 6.26. The molecule has 0 aliphatic rings.